The van der Waals surface area contributed by atoms with Gasteiger partial charge >= 0.3 is 0 Å². The van der Waals surface area contributed by atoms with Crippen molar-refractivity contribution >= 4 is 0 Å². The Labute approximate surface area is 96.5 Å². The van der Waals surface area contributed by atoms with E-state index in [4.69, 9.17) is 0 Å². The lowest BCUT2D eigenvalue weighted by atomic mass is 10.1. The molecule has 0 amide bonds. The summed E-state index contributed by atoms with van der Waals surface area (Å²) in [7, 11) is 0. The molecule has 16 heavy (non-hydrogen) atoms. The minimum absolute atomic E-state index is 0.0781. The molecule has 2 nitrogen and oxygen atoms in total. The van der Waals surface area contributed by atoms with Gasteiger partial charge in [-0.15, -0.1) is 0 Å². The Morgan fingerprint density at radius 2 is 2.25 bits per heavy atom. The Balaban J connectivity index is 1.85. The van der Waals surface area contributed by atoms with Gasteiger partial charge < -0.3 is 10.2 Å². The molecular weight excluding hydrogens is 203 g/mol. The maximum atomic E-state index is 13.4. The zero-order valence-electron chi connectivity index (χ0n) is 9.75. The minimum atomic E-state index is -0.0781. The first kappa shape index (κ1) is 11.6. The molecule has 1 fully saturated rings. The zero-order valence-corrected chi connectivity index (χ0v) is 9.75. The predicted octanol–water partition coefficient (Wildman–Crippen LogP) is 1.66. The molecule has 0 saturated carbocycles. The van der Waals surface area contributed by atoms with Gasteiger partial charge in [0.15, 0.2) is 0 Å². The summed E-state index contributed by atoms with van der Waals surface area (Å²) >= 11 is 0. The van der Waals surface area contributed by atoms with E-state index in [1.165, 1.54) is 6.07 Å². The molecule has 0 spiro atoms. The molecule has 1 unspecified atom stereocenters. The van der Waals surface area contributed by atoms with Crippen molar-refractivity contribution in [3.05, 3.63) is 35.6 Å². The Morgan fingerprint density at radius 3 is 3.00 bits per heavy atom. The number of hydrogen-bond acceptors (Lipinski definition) is 2. The van der Waals surface area contributed by atoms with Crippen LogP contribution in [0.2, 0.25) is 0 Å². The topological polar surface area (TPSA) is 15.3 Å². The van der Waals surface area contributed by atoms with Gasteiger partial charge in [-0.2, -0.15) is 0 Å². The van der Waals surface area contributed by atoms with E-state index in [-0.39, 0.29) is 5.82 Å². The Kier molecular flexibility index (Phi) is 3.91. The van der Waals surface area contributed by atoms with Gasteiger partial charge in [0.2, 0.25) is 0 Å². The van der Waals surface area contributed by atoms with Gasteiger partial charge in [-0.3, -0.25) is 0 Å². The molecule has 1 aliphatic heterocycles. The normalized spacial score (nSPS) is 22.2. The average Bonchev–Trinajstić information content (AvgIpc) is 2.28. The fourth-order valence-corrected chi connectivity index (χ4v) is 2.19. The summed E-state index contributed by atoms with van der Waals surface area (Å²) in [6.45, 7) is 6.31. The Bertz CT molecular complexity index is 340. The molecule has 2 rings (SSSR count). The molecule has 1 aromatic rings. The first-order valence-corrected chi connectivity index (χ1v) is 5.95. The van der Waals surface area contributed by atoms with E-state index in [1.807, 2.05) is 12.1 Å². The molecular formula is C13H19FN2. The summed E-state index contributed by atoms with van der Waals surface area (Å²) in [4.78, 5) is 2.40. The standard InChI is InChI=1S/C13H19FN2/c1-11-10-16(9-7-15-11)8-6-12-4-2-3-5-13(12)14/h2-5,11,15H,6-10H2,1H3. The van der Waals surface area contributed by atoms with Crippen LogP contribution in [0.25, 0.3) is 0 Å². The number of halogens is 1. The highest BCUT2D eigenvalue weighted by molar-refractivity contribution is 5.17. The lowest BCUT2D eigenvalue weighted by molar-refractivity contribution is 0.209. The third-order valence-corrected chi connectivity index (χ3v) is 3.11. The van der Waals surface area contributed by atoms with E-state index in [2.05, 4.69) is 17.1 Å². The molecule has 1 saturated heterocycles. The SMILES string of the molecule is CC1CN(CCc2ccccc2F)CCN1. The molecule has 3 heteroatoms. The summed E-state index contributed by atoms with van der Waals surface area (Å²) in [6, 6.07) is 7.61. The summed E-state index contributed by atoms with van der Waals surface area (Å²) < 4.78 is 13.4. The number of piperazine rings is 1. The lowest BCUT2D eigenvalue weighted by Gasteiger charge is -2.31. The maximum Gasteiger partial charge on any atom is 0.126 e. The van der Waals surface area contributed by atoms with E-state index in [0.717, 1.165) is 38.2 Å². The third kappa shape index (κ3) is 3.03. The van der Waals surface area contributed by atoms with Gasteiger partial charge in [0.25, 0.3) is 0 Å². The minimum Gasteiger partial charge on any atom is -0.312 e. The average molecular weight is 222 g/mol. The fourth-order valence-electron chi connectivity index (χ4n) is 2.19. The van der Waals surface area contributed by atoms with E-state index in [9.17, 15) is 4.39 Å². The Hall–Kier alpha value is -0.930. The van der Waals surface area contributed by atoms with E-state index in [0.29, 0.717) is 6.04 Å². The summed E-state index contributed by atoms with van der Waals surface area (Å²) in [5.74, 6) is -0.0781. The summed E-state index contributed by atoms with van der Waals surface area (Å²) in [5.41, 5.74) is 0.827. The summed E-state index contributed by atoms with van der Waals surface area (Å²) in [6.07, 6.45) is 0.805. The number of benzene rings is 1. The highest BCUT2D eigenvalue weighted by Gasteiger charge is 2.15. The van der Waals surface area contributed by atoms with Crippen LogP contribution in [0.4, 0.5) is 4.39 Å². The van der Waals surface area contributed by atoms with Crippen molar-refractivity contribution in [3.63, 3.8) is 0 Å². The second kappa shape index (κ2) is 5.41. The smallest absolute Gasteiger partial charge is 0.126 e. The molecule has 0 aliphatic carbocycles. The van der Waals surface area contributed by atoms with Gasteiger partial charge in [0, 0.05) is 32.2 Å². The van der Waals surface area contributed by atoms with Crippen LogP contribution in [-0.4, -0.2) is 37.1 Å². The van der Waals surface area contributed by atoms with E-state index >= 15 is 0 Å². The molecule has 0 radical (unpaired) electrons. The number of hydrogen-bond donors (Lipinski definition) is 1. The van der Waals surface area contributed by atoms with Crippen molar-refractivity contribution < 1.29 is 4.39 Å². The van der Waals surface area contributed by atoms with Crippen LogP contribution < -0.4 is 5.32 Å². The van der Waals surface area contributed by atoms with Crippen molar-refractivity contribution in [2.75, 3.05) is 26.2 Å². The van der Waals surface area contributed by atoms with Crippen molar-refractivity contribution in [2.45, 2.75) is 19.4 Å². The molecule has 0 aromatic heterocycles. The number of rotatable bonds is 3. The molecule has 88 valence electrons. The van der Waals surface area contributed by atoms with Crippen LogP contribution in [0.5, 0.6) is 0 Å². The first-order chi connectivity index (χ1) is 7.75. The van der Waals surface area contributed by atoms with E-state index < -0.39 is 0 Å². The quantitative estimate of drug-likeness (QED) is 0.836. The van der Waals surface area contributed by atoms with Crippen LogP contribution in [0.3, 0.4) is 0 Å². The number of nitrogens with zero attached hydrogens (tertiary/aromatic N) is 1. The van der Waals surface area contributed by atoms with Gasteiger partial charge in [0.05, 0.1) is 0 Å². The van der Waals surface area contributed by atoms with Gasteiger partial charge in [-0.05, 0) is 25.0 Å². The van der Waals surface area contributed by atoms with Crippen molar-refractivity contribution in [3.8, 4) is 0 Å². The van der Waals surface area contributed by atoms with Gasteiger partial charge in [-0.1, -0.05) is 18.2 Å². The largest absolute Gasteiger partial charge is 0.312 e. The summed E-state index contributed by atoms with van der Waals surface area (Å²) in [5, 5.41) is 3.41. The molecule has 1 aliphatic rings. The predicted molar refractivity (Wildman–Crippen MR) is 64.0 cm³/mol. The van der Waals surface area contributed by atoms with Crippen LogP contribution >= 0.6 is 0 Å². The van der Waals surface area contributed by atoms with Crippen LogP contribution in [-0.2, 0) is 6.42 Å². The third-order valence-electron chi connectivity index (χ3n) is 3.11. The molecule has 1 N–H and O–H groups in total. The van der Waals surface area contributed by atoms with Gasteiger partial charge in [0.1, 0.15) is 5.82 Å². The van der Waals surface area contributed by atoms with Crippen molar-refractivity contribution in [2.24, 2.45) is 0 Å². The first-order valence-electron chi connectivity index (χ1n) is 5.95. The molecule has 0 bridgehead atoms. The van der Waals surface area contributed by atoms with Crippen LogP contribution in [0.1, 0.15) is 12.5 Å². The lowest BCUT2D eigenvalue weighted by Crippen LogP contribution is -2.49. The maximum absolute atomic E-state index is 13.4. The Morgan fingerprint density at radius 1 is 1.44 bits per heavy atom. The van der Waals surface area contributed by atoms with Crippen LogP contribution in [0.15, 0.2) is 24.3 Å². The molecule has 1 heterocycles. The van der Waals surface area contributed by atoms with Crippen molar-refractivity contribution in [1.29, 1.82) is 0 Å². The second-order valence-corrected chi connectivity index (χ2v) is 4.50. The second-order valence-electron chi connectivity index (χ2n) is 4.50. The number of nitrogens with one attached hydrogen (secondary N) is 1. The monoisotopic (exact) mass is 222 g/mol. The van der Waals surface area contributed by atoms with Crippen molar-refractivity contribution in [1.82, 2.24) is 10.2 Å². The highest BCUT2D eigenvalue weighted by Crippen LogP contribution is 2.08. The van der Waals surface area contributed by atoms with E-state index in [1.54, 1.807) is 6.07 Å². The highest BCUT2D eigenvalue weighted by atomic mass is 19.1. The molecule has 1 atom stereocenters. The fraction of sp³-hybridized carbons (Fsp3) is 0.538. The molecule has 1 aromatic carbocycles. The van der Waals surface area contributed by atoms with Crippen LogP contribution in [0, 0.1) is 5.82 Å². The van der Waals surface area contributed by atoms with Gasteiger partial charge in [-0.25, -0.2) is 4.39 Å². The zero-order chi connectivity index (χ0) is 11.4.